The van der Waals surface area contributed by atoms with Crippen LogP contribution in [0.3, 0.4) is 0 Å². The molecule has 1 heterocycles. The van der Waals surface area contributed by atoms with Crippen molar-refractivity contribution in [3.63, 3.8) is 0 Å². The highest BCUT2D eigenvalue weighted by Gasteiger charge is 2.43. The molecule has 1 aliphatic heterocycles. The fourth-order valence-corrected chi connectivity index (χ4v) is 6.00. The molecule has 2 atom stereocenters. The van der Waals surface area contributed by atoms with E-state index in [2.05, 4.69) is 0 Å². The van der Waals surface area contributed by atoms with Crippen LogP contribution in [0.4, 0.5) is 0 Å². The third kappa shape index (κ3) is 3.87. The van der Waals surface area contributed by atoms with Crippen LogP contribution >= 0.6 is 23.2 Å². The summed E-state index contributed by atoms with van der Waals surface area (Å²) in [5.41, 5.74) is 2.01. The van der Waals surface area contributed by atoms with E-state index in [1.807, 2.05) is 62.4 Å². The molecule has 1 aliphatic rings. The second-order valence-corrected chi connectivity index (χ2v) is 9.55. The molecule has 0 radical (unpaired) electrons. The molecule has 0 aromatic heterocycles. The van der Waals surface area contributed by atoms with Crippen LogP contribution in [0.15, 0.2) is 48.5 Å². The minimum Gasteiger partial charge on any atom is -0.212 e. The quantitative estimate of drug-likeness (QED) is 0.707. The van der Waals surface area contributed by atoms with E-state index in [1.54, 1.807) is 4.31 Å². The van der Waals surface area contributed by atoms with Gasteiger partial charge in [0.05, 0.1) is 11.8 Å². The van der Waals surface area contributed by atoms with E-state index in [0.717, 1.165) is 11.1 Å². The van der Waals surface area contributed by atoms with Crippen LogP contribution in [-0.2, 0) is 10.0 Å². The predicted molar refractivity (Wildman–Crippen MR) is 104 cm³/mol. The monoisotopic (exact) mass is 397 g/mol. The van der Waals surface area contributed by atoms with Gasteiger partial charge in [0.15, 0.2) is 0 Å². The van der Waals surface area contributed by atoms with Gasteiger partial charge in [-0.15, -0.1) is 0 Å². The average molecular weight is 398 g/mol. The summed E-state index contributed by atoms with van der Waals surface area (Å²) in [7, 11) is -3.31. The SMILES string of the molecule is CC(C)N1[C@H](c2ccc(Cl)cc2)[C@@H](c2cccc(Cl)c2)CCS1(=O)=O. The molecule has 3 nitrogen and oxygen atoms in total. The first-order valence-corrected chi connectivity index (χ1v) is 10.7. The molecular weight excluding hydrogens is 377 g/mol. The largest absolute Gasteiger partial charge is 0.214 e. The van der Waals surface area contributed by atoms with E-state index in [0.29, 0.717) is 16.5 Å². The van der Waals surface area contributed by atoms with E-state index in [9.17, 15) is 8.42 Å². The Morgan fingerprint density at radius 2 is 1.68 bits per heavy atom. The van der Waals surface area contributed by atoms with Gasteiger partial charge in [-0.1, -0.05) is 47.5 Å². The Morgan fingerprint density at radius 3 is 2.28 bits per heavy atom. The van der Waals surface area contributed by atoms with Crippen molar-refractivity contribution in [3.05, 3.63) is 69.7 Å². The van der Waals surface area contributed by atoms with Gasteiger partial charge in [0, 0.05) is 22.0 Å². The zero-order valence-electron chi connectivity index (χ0n) is 14.2. The highest BCUT2D eigenvalue weighted by molar-refractivity contribution is 7.89. The molecule has 0 saturated carbocycles. The number of hydrogen-bond donors (Lipinski definition) is 0. The first kappa shape index (κ1) is 18.7. The summed E-state index contributed by atoms with van der Waals surface area (Å²) >= 11 is 12.2. The molecule has 1 fully saturated rings. The van der Waals surface area contributed by atoms with E-state index >= 15 is 0 Å². The van der Waals surface area contributed by atoms with Crippen LogP contribution in [0.1, 0.15) is 43.4 Å². The molecule has 0 spiro atoms. The molecule has 25 heavy (non-hydrogen) atoms. The highest BCUT2D eigenvalue weighted by atomic mass is 35.5. The van der Waals surface area contributed by atoms with Crippen molar-refractivity contribution in [1.29, 1.82) is 0 Å². The van der Waals surface area contributed by atoms with Gasteiger partial charge in [0.25, 0.3) is 0 Å². The summed E-state index contributed by atoms with van der Waals surface area (Å²) in [4.78, 5) is 0. The Morgan fingerprint density at radius 1 is 1.00 bits per heavy atom. The molecule has 6 heteroatoms. The number of rotatable bonds is 3. The van der Waals surface area contributed by atoms with Crippen LogP contribution in [0, 0.1) is 0 Å². The Labute approximate surface area is 159 Å². The molecule has 0 amide bonds. The summed E-state index contributed by atoms with van der Waals surface area (Å²) in [6.07, 6.45) is 0.569. The van der Waals surface area contributed by atoms with E-state index in [4.69, 9.17) is 23.2 Å². The molecule has 0 unspecified atom stereocenters. The van der Waals surface area contributed by atoms with Crippen LogP contribution in [0.2, 0.25) is 10.0 Å². The topological polar surface area (TPSA) is 37.4 Å². The summed E-state index contributed by atoms with van der Waals surface area (Å²) in [5, 5.41) is 1.30. The molecular formula is C19H21Cl2NO2S. The number of halogens is 2. The Kier molecular flexibility index (Phi) is 5.45. The van der Waals surface area contributed by atoms with E-state index in [-0.39, 0.29) is 23.8 Å². The maximum atomic E-state index is 12.8. The summed E-state index contributed by atoms with van der Waals surface area (Å²) < 4.78 is 27.2. The molecule has 134 valence electrons. The van der Waals surface area contributed by atoms with Gasteiger partial charge in [-0.25, -0.2) is 8.42 Å². The highest BCUT2D eigenvalue weighted by Crippen LogP contribution is 2.45. The van der Waals surface area contributed by atoms with Crippen LogP contribution in [-0.4, -0.2) is 24.5 Å². The van der Waals surface area contributed by atoms with Crippen molar-refractivity contribution in [1.82, 2.24) is 4.31 Å². The number of sulfonamides is 1. The van der Waals surface area contributed by atoms with Crippen molar-refractivity contribution in [2.45, 2.75) is 38.3 Å². The number of nitrogens with zero attached hydrogens (tertiary/aromatic N) is 1. The van der Waals surface area contributed by atoms with Crippen molar-refractivity contribution in [2.75, 3.05) is 5.75 Å². The molecule has 1 saturated heterocycles. The third-order valence-electron chi connectivity index (χ3n) is 4.66. The van der Waals surface area contributed by atoms with Gasteiger partial charge in [-0.2, -0.15) is 4.31 Å². The first-order valence-electron chi connectivity index (χ1n) is 8.32. The summed E-state index contributed by atoms with van der Waals surface area (Å²) in [6.45, 7) is 3.83. The first-order chi connectivity index (χ1) is 11.8. The second kappa shape index (κ2) is 7.28. The number of hydrogen-bond acceptors (Lipinski definition) is 2. The number of benzene rings is 2. The molecule has 3 rings (SSSR count). The zero-order chi connectivity index (χ0) is 18.2. The second-order valence-electron chi connectivity index (χ2n) is 6.69. The van der Waals surface area contributed by atoms with Gasteiger partial charge in [0.1, 0.15) is 0 Å². The van der Waals surface area contributed by atoms with Crippen LogP contribution in [0.5, 0.6) is 0 Å². The lowest BCUT2D eigenvalue weighted by Gasteiger charge is -2.43. The Hall–Kier alpha value is -1.07. The van der Waals surface area contributed by atoms with Crippen molar-refractivity contribution in [3.8, 4) is 0 Å². The smallest absolute Gasteiger partial charge is 0.212 e. The third-order valence-corrected chi connectivity index (χ3v) is 7.19. The summed E-state index contributed by atoms with van der Waals surface area (Å²) in [5.74, 6) is 0.192. The maximum Gasteiger partial charge on any atom is 0.214 e. The lowest BCUT2D eigenvalue weighted by atomic mass is 9.84. The van der Waals surface area contributed by atoms with E-state index < -0.39 is 10.0 Å². The molecule has 2 aromatic rings. The normalized spacial score (nSPS) is 23.7. The van der Waals surface area contributed by atoms with Gasteiger partial charge in [0.2, 0.25) is 10.0 Å². The summed E-state index contributed by atoms with van der Waals surface area (Å²) in [6, 6.07) is 14.8. The van der Waals surface area contributed by atoms with Crippen LogP contribution < -0.4 is 0 Å². The Bertz CT molecular complexity index is 850. The minimum atomic E-state index is -3.31. The van der Waals surface area contributed by atoms with Crippen molar-refractivity contribution in [2.24, 2.45) is 0 Å². The fourth-order valence-electron chi connectivity index (χ4n) is 3.66. The van der Waals surface area contributed by atoms with Gasteiger partial charge < -0.3 is 0 Å². The zero-order valence-corrected chi connectivity index (χ0v) is 16.5. The van der Waals surface area contributed by atoms with Gasteiger partial charge >= 0.3 is 0 Å². The minimum absolute atomic E-state index is 0.0470. The lowest BCUT2D eigenvalue weighted by molar-refractivity contribution is 0.223. The molecule has 0 aliphatic carbocycles. The van der Waals surface area contributed by atoms with Crippen LogP contribution in [0.25, 0.3) is 0 Å². The lowest BCUT2D eigenvalue weighted by Crippen LogP contribution is -2.47. The van der Waals surface area contributed by atoms with Crippen molar-refractivity contribution >= 4 is 33.2 Å². The fraction of sp³-hybridized carbons (Fsp3) is 0.368. The van der Waals surface area contributed by atoms with E-state index in [1.165, 1.54) is 0 Å². The van der Waals surface area contributed by atoms with Gasteiger partial charge in [-0.3, -0.25) is 0 Å². The molecule has 0 bridgehead atoms. The van der Waals surface area contributed by atoms with Crippen molar-refractivity contribution < 1.29 is 8.42 Å². The standard InChI is InChI=1S/C19H21Cl2NO2S/c1-13(2)22-19(14-6-8-16(20)9-7-14)18(10-11-25(22,23)24)15-4-3-5-17(21)12-15/h3-9,12-13,18-19H,10-11H2,1-2H3/t18-,19-/m1/s1. The molecule has 0 N–H and O–H groups in total. The maximum absolute atomic E-state index is 12.8. The van der Waals surface area contributed by atoms with Gasteiger partial charge in [-0.05, 0) is 55.7 Å². The molecule has 2 aromatic carbocycles. The predicted octanol–water partition coefficient (Wildman–Crippen LogP) is 5.26. The Balaban J connectivity index is 2.14. The average Bonchev–Trinajstić information content (AvgIpc) is 2.54.